The van der Waals surface area contributed by atoms with Crippen molar-refractivity contribution in [1.29, 1.82) is 0 Å². The summed E-state index contributed by atoms with van der Waals surface area (Å²) in [5.41, 5.74) is 0. The normalized spacial score (nSPS) is 21.5. The van der Waals surface area contributed by atoms with Crippen molar-refractivity contribution in [3.05, 3.63) is 24.2 Å². The van der Waals surface area contributed by atoms with Crippen molar-refractivity contribution in [3.63, 3.8) is 0 Å². The Labute approximate surface area is 74.5 Å². The van der Waals surface area contributed by atoms with Gasteiger partial charge in [0, 0.05) is 6.42 Å². The molecule has 0 amide bonds. The molecule has 4 heteroatoms. The van der Waals surface area contributed by atoms with Gasteiger partial charge in [0.15, 0.2) is 5.76 Å². The highest BCUT2D eigenvalue weighted by atomic mass is 16.5. The zero-order valence-corrected chi connectivity index (χ0v) is 6.86. The average molecular weight is 180 g/mol. The summed E-state index contributed by atoms with van der Waals surface area (Å²) in [5, 5.41) is 0. The first-order chi connectivity index (χ1) is 6.29. The highest BCUT2D eigenvalue weighted by Crippen LogP contribution is 2.19. The number of hydrogen-bond donors (Lipinski definition) is 0. The molecule has 2 rings (SSSR count). The van der Waals surface area contributed by atoms with Gasteiger partial charge in [0.05, 0.1) is 12.9 Å². The van der Waals surface area contributed by atoms with Crippen LogP contribution >= 0.6 is 0 Å². The van der Waals surface area contributed by atoms with E-state index in [4.69, 9.17) is 4.42 Å². The standard InChI is InChI=1S/C9H8O4/c10-8(7-2-1-4-12-7)6-3-5-13-9(6)11/h1-2,4,6H,3,5H2. The van der Waals surface area contributed by atoms with Crippen molar-refractivity contribution >= 4 is 11.8 Å². The summed E-state index contributed by atoms with van der Waals surface area (Å²) < 4.78 is 9.58. The first kappa shape index (κ1) is 8.04. The third-order valence-electron chi connectivity index (χ3n) is 2.02. The van der Waals surface area contributed by atoms with Crippen LogP contribution in [-0.2, 0) is 9.53 Å². The van der Waals surface area contributed by atoms with Crippen LogP contribution in [0.4, 0.5) is 0 Å². The van der Waals surface area contributed by atoms with Gasteiger partial charge in [0.1, 0.15) is 5.92 Å². The molecule has 68 valence electrons. The second-order valence-electron chi connectivity index (χ2n) is 2.85. The van der Waals surface area contributed by atoms with E-state index in [1.54, 1.807) is 12.1 Å². The van der Waals surface area contributed by atoms with Crippen LogP contribution in [0.1, 0.15) is 17.0 Å². The van der Waals surface area contributed by atoms with Crippen LogP contribution in [0.2, 0.25) is 0 Å². The van der Waals surface area contributed by atoms with E-state index in [0.717, 1.165) is 0 Å². The molecule has 1 fully saturated rings. The Kier molecular flexibility index (Phi) is 1.88. The predicted octanol–water partition coefficient (Wildman–Crippen LogP) is 1.03. The Morgan fingerprint density at radius 1 is 1.54 bits per heavy atom. The summed E-state index contributed by atoms with van der Waals surface area (Å²) in [6.07, 6.45) is 1.87. The van der Waals surface area contributed by atoms with E-state index in [2.05, 4.69) is 4.74 Å². The quantitative estimate of drug-likeness (QED) is 0.387. The van der Waals surface area contributed by atoms with E-state index >= 15 is 0 Å². The molecule has 1 aromatic heterocycles. The van der Waals surface area contributed by atoms with Gasteiger partial charge in [0.25, 0.3) is 0 Å². The van der Waals surface area contributed by atoms with Gasteiger partial charge in [-0.3, -0.25) is 9.59 Å². The third kappa shape index (κ3) is 1.35. The fourth-order valence-electron chi connectivity index (χ4n) is 1.32. The summed E-state index contributed by atoms with van der Waals surface area (Å²) in [6.45, 7) is 0.329. The molecule has 0 bridgehead atoms. The number of carbonyl (C=O) groups excluding carboxylic acids is 2. The number of cyclic esters (lactones) is 1. The monoisotopic (exact) mass is 180 g/mol. The lowest BCUT2D eigenvalue weighted by atomic mass is 10.0. The van der Waals surface area contributed by atoms with Gasteiger partial charge in [-0.2, -0.15) is 0 Å². The Morgan fingerprint density at radius 2 is 2.38 bits per heavy atom. The molecule has 0 spiro atoms. The van der Waals surface area contributed by atoms with Crippen molar-refractivity contribution in [2.24, 2.45) is 5.92 Å². The maximum absolute atomic E-state index is 11.5. The van der Waals surface area contributed by atoms with E-state index < -0.39 is 11.9 Å². The maximum Gasteiger partial charge on any atom is 0.317 e. The first-order valence-electron chi connectivity index (χ1n) is 4.03. The predicted molar refractivity (Wildman–Crippen MR) is 42.1 cm³/mol. The Balaban J connectivity index is 2.18. The fourth-order valence-corrected chi connectivity index (χ4v) is 1.32. The van der Waals surface area contributed by atoms with Gasteiger partial charge in [-0.15, -0.1) is 0 Å². The van der Waals surface area contributed by atoms with E-state index in [1.807, 2.05) is 0 Å². The molecule has 1 aromatic rings. The number of Topliss-reactive ketones (excluding diaryl/α,β-unsaturated/α-hetero) is 1. The smallest absolute Gasteiger partial charge is 0.317 e. The summed E-state index contributed by atoms with van der Waals surface area (Å²) in [4.78, 5) is 22.6. The van der Waals surface area contributed by atoms with Gasteiger partial charge in [0.2, 0.25) is 5.78 Å². The largest absolute Gasteiger partial charge is 0.465 e. The van der Waals surface area contributed by atoms with Crippen molar-refractivity contribution in [1.82, 2.24) is 0 Å². The van der Waals surface area contributed by atoms with Crippen molar-refractivity contribution in [2.75, 3.05) is 6.61 Å². The average Bonchev–Trinajstić information content (AvgIpc) is 2.72. The molecular weight excluding hydrogens is 172 g/mol. The fraction of sp³-hybridized carbons (Fsp3) is 0.333. The zero-order chi connectivity index (χ0) is 9.26. The SMILES string of the molecule is O=C1OCCC1C(=O)c1ccco1. The van der Waals surface area contributed by atoms with E-state index in [-0.39, 0.29) is 11.5 Å². The van der Waals surface area contributed by atoms with Crippen LogP contribution in [-0.4, -0.2) is 18.4 Å². The molecule has 4 nitrogen and oxygen atoms in total. The van der Waals surface area contributed by atoms with Crippen LogP contribution in [0.3, 0.4) is 0 Å². The molecule has 0 aliphatic carbocycles. The van der Waals surface area contributed by atoms with Gasteiger partial charge in [-0.25, -0.2) is 0 Å². The second kappa shape index (κ2) is 3.05. The lowest BCUT2D eigenvalue weighted by molar-refractivity contribution is -0.140. The Morgan fingerprint density at radius 3 is 2.92 bits per heavy atom. The number of esters is 1. The van der Waals surface area contributed by atoms with Gasteiger partial charge < -0.3 is 9.15 Å². The van der Waals surface area contributed by atoms with Gasteiger partial charge in [-0.05, 0) is 12.1 Å². The highest BCUT2D eigenvalue weighted by Gasteiger charge is 2.34. The number of ether oxygens (including phenoxy) is 1. The summed E-state index contributed by atoms with van der Waals surface area (Å²) in [6, 6.07) is 3.17. The third-order valence-corrected chi connectivity index (χ3v) is 2.02. The Hall–Kier alpha value is -1.58. The number of ketones is 1. The molecule has 0 radical (unpaired) electrons. The first-order valence-corrected chi connectivity index (χ1v) is 4.03. The van der Waals surface area contributed by atoms with Crippen molar-refractivity contribution in [2.45, 2.75) is 6.42 Å². The molecule has 13 heavy (non-hydrogen) atoms. The summed E-state index contributed by atoms with van der Waals surface area (Å²) in [7, 11) is 0. The van der Waals surface area contributed by atoms with E-state index in [0.29, 0.717) is 13.0 Å². The topological polar surface area (TPSA) is 56.5 Å². The minimum atomic E-state index is -0.661. The molecule has 0 N–H and O–H groups in total. The van der Waals surface area contributed by atoms with Crippen LogP contribution < -0.4 is 0 Å². The molecule has 1 atom stereocenters. The highest BCUT2D eigenvalue weighted by molar-refractivity contribution is 6.07. The molecular formula is C9H8O4. The van der Waals surface area contributed by atoms with Gasteiger partial charge in [-0.1, -0.05) is 0 Å². The van der Waals surface area contributed by atoms with Crippen molar-refractivity contribution in [3.8, 4) is 0 Å². The molecule has 1 aliphatic heterocycles. The summed E-state index contributed by atoms with van der Waals surface area (Å²) in [5.74, 6) is -1.16. The van der Waals surface area contributed by atoms with E-state index in [1.165, 1.54) is 6.26 Å². The van der Waals surface area contributed by atoms with Crippen molar-refractivity contribution < 1.29 is 18.7 Å². The minimum Gasteiger partial charge on any atom is -0.465 e. The zero-order valence-electron chi connectivity index (χ0n) is 6.86. The molecule has 1 unspecified atom stereocenters. The van der Waals surface area contributed by atoms with Crippen LogP contribution in [0.15, 0.2) is 22.8 Å². The molecule has 1 aliphatic rings. The van der Waals surface area contributed by atoms with Crippen LogP contribution in [0, 0.1) is 5.92 Å². The lowest BCUT2D eigenvalue weighted by Crippen LogP contribution is -2.18. The van der Waals surface area contributed by atoms with E-state index in [9.17, 15) is 9.59 Å². The molecule has 1 saturated heterocycles. The van der Waals surface area contributed by atoms with Crippen LogP contribution in [0.25, 0.3) is 0 Å². The molecule has 0 saturated carbocycles. The molecule has 2 heterocycles. The number of rotatable bonds is 2. The lowest BCUT2D eigenvalue weighted by Gasteiger charge is -1.99. The summed E-state index contributed by atoms with van der Waals surface area (Å²) >= 11 is 0. The number of hydrogen-bond acceptors (Lipinski definition) is 4. The number of carbonyl (C=O) groups is 2. The van der Waals surface area contributed by atoms with Gasteiger partial charge >= 0.3 is 5.97 Å². The van der Waals surface area contributed by atoms with Crippen LogP contribution in [0.5, 0.6) is 0 Å². The minimum absolute atomic E-state index is 0.226. The number of furan rings is 1. The second-order valence-corrected chi connectivity index (χ2v) is 2.85. The Bertz CT molecular complexity index is 325. The molecule has 0 aromatic carbocycles. The maximum atomic E-state index is 11.5.